The minimum atomic E-state index is -0.297. The highest BCUT2D eigenvalue weighted by atomic mass is 32.1. The molecule has 1 aromatic heterocycles. The number of hydrogen-bond acceptors (Lipinski definition) is 4. The van der Waals surface area contributed by atoms with Crippen LogP contribution in [0.5, 0.6) is 0 Å². The summed E-state index contributed by atoms with van der Waals surface area (Å²) in [5.74, 6) is 2.11. The summed E-state index contributed by atoms with van der Waals surface area (Å²) in [4.78, 5) is 27.8. The van der Waals surface area contributed by atoms with Crippen molar-refractivity contribution in [2.45, 2.75) is 69.6 Å². The molecule has 4 saturated carbocycles. The number of rotatable bonds is 7. The molecule has 1 aliphatic heterocycles. The number of ether oxygens (including phenoxy) is 1. The summed E-state index contributed by atoms with van der Waals surface area (Å²) in [6, 6.07) is 3.86. The van der Waals surface area contributed by atoms with E-state index < -0.39 is 0 Å². The van der Waals surface area contributed by atoms with Gasteiger partial charge < -0.3 is 15.0 Å². The predicted molar refractivity (Wildman–Crippen MR) is 115 cm³/mol. The second kappa shape index (κ2) is 8.60. The third-order valence-electron chi connectivity index (χ3n) is 7.63. The Morgan fingerprint density at radius 2 is 1.90 bits per heavy atom. The number of thiophene rings is 1. The van der Waals surface area contributed by atoms with E-state index in [2.05, 4.69) is 22.1 Å². The van der Waals surface area contributed by atoms with Crippen molar-refractivity contribution in [2.24, 2.45) is 17.8 Å². The Kier molecular flexibility index (Phi) is 5.86. The maximum absolute atomic E-state index is 12.7. The van der Waals surface area contributed by atoms with Gasteiger partial charge in [-0.15, -0.1) is 11.3 Å². The molecular formula is C23H34N3O3S+. The van der Waals surface area contributed by atoms with Gasteiger partial charge in [-0.05, 0) is 80.6 Å². The minimum Gasteiger partial charge on any atom is -0.372 e. The molecule has 0 aromatic carbocycles. The van der Waals surface area contributed by atoms with Gasteiger partial charge in [0.1, 0.15) is 19.2 Å². The van der Waals surface area contributed by atoms with Crippen LogP contribution in [0.25, 0.3) is 0 Å². The highest BCUT2D eigenvalue weighted by molar-refractivity contribution is 7.09. The Morgan fingerprint density at radius 1 is 1.17 bits per heavy atom. The molecule has 1 aromatic rings. The largest absolute Gasteiger partial charge is 0.372 e. The lowest BCUT2D eigenvalue weighted by Gasteiger charge is -2.56. The molecule has 1 unspecified atom stereocenters. The number of quaternary nitrogens is 1. The van der Waals surface area contributed by atoms with Crippen molar-refractivity contribution in [1.29, 1.82) is 0 Å². The Morgan fingerprint density at radius 3 is 2.50 bits per heavy atom. The first kappa shape index (κ1) is 20.5. The summed E-state index contributed by atoms with van der Waals surface area (Å²) in [7, 11) is 0. The van der Waals surface area contributed by atoms with Gasteiger partial charge in [-0.1, -0.05) is 6.07 Å². The molecule has 2 atom stereocenters. The molecule has 5 fully saturated rings. The average molecular weight is 433 g/mol. The fourth-order valence-electron chi connectivity index (χ4n) is 6.93. The molecule has 3 amide bonds. The molecule has 0 radical (unpaired) electrons. The SMILES string of the molecule is O=C(C[NH+](Cc1cccs1)C[C@@H]1CCCO1)NC(=O)NC12CC3CC(CC(C3)C1)C2. The van der Waals surface area contributed by atoms with Gasteiger partial charge in [-0.25, -0.2) is 4.79 Å². The Bertz CT molecular complexity index is 724. The molecule has 4 aliphatic carbocycles. The molecule has 6 rings (SSSR count). The standard InChI is InChI=1S/C23H33N3O3S/c27-21(15-26(13-19-3-1-5-29-19)14-20-4-2-6-30-20)24-22(28)25-23-10-16-7-17(11-23)9-18(8-16)12-23/h2,4,6,16-19H,1,3,5,7-15H2,(H2,24,25,27,28)/p+1/t16?,17?,18?,19-,23?/m0/s1. The lowest BCUT2D eigenvalue weighted by Crippen LogP contribution is -3.13. The van der Waals surface area contributed by atoms with Crippen LogP contribution >= 0.6 is 11.3 Å². The number of hydrogen-bond donors (Lipinski definition) is 3. The van der Waals surface area contributed by atoms with E-state index in [1.54, 1.807) is 11.3 Å². The van der Waals surface area contributed by atoms with E-state index in [1.165, 1.54) is 24.1 Å². The van der Waals surface area contributed by atoms with Crippen molar-refractivity contribution in [2.75, 3.05) is 19.7 Å². The van der Waals surface area contributed by atoms with Gasteiger partial charge in [0.25, 0.3) is 5.91 Å². The average Bonchev–Trinajstić information content (AvgIpc) is 3.33. The zero-order valence-corrected chi connectivity index (χ0v) is 18.5. The van der Waals surface area contributed by atoms with Crippen LogP contribution in [0.1, 0.15) is 56.2 Å². The van der Waals surface area contributed by atoms with E-state index in [4.69, 9.17) is 4.74 Å². The number of urea groups is 1. The smallest absolute Gasteiger partial charge is 0.322 e. The van der Waals surface area contributed by atoms with Crippen LogP contribution in [0.4, 0.5) is 4.79 Å². The van der Waals surface area contributed by atoms with Crippen LogP contribution < -0.4 is 15.5 Å². The zero-order chi connectivity index (χ0) is 20.6. The molecule has 7 heteroatoms. The number of amides is 3. The summed E-state index contributed by atoms with van der Waals surface area (Å²) in [5, 5.41) is 7.95. The van der Waals surface area contributed by atoms with Crippen molar-refractivity contribution in [3.8, 4) is 0 Å². The number of imide groups is 1. The van der Waals surface area contributed by atoms with Crippen molar-refractivity contribution in [3.63, 3.8) is 0 Å². The summed E-state index contributed by atoms with van der Waals surface area (Å²) in [5.41, 5.74) is -0.0691. The van der Waals surface area contributed by atoms with E-state index in [-0.39, 0.29) is 23.6 Å². The summed E-state index contributed by atoms with van der Waals surface area (Å²) >= 11 is 1.71. The van der Waals surface area contributed by atoms with Crippen LogP contribution in [-0.2, 0) is 16.1 Å². The minimum absolute atomic E-state index is 0.0691. The first-order valence-electron chi connectivity index (χ1n) is 11.6. The molecule has 1 saturated heterocycles. The van der Waals surface area contributed by atoms with E-state index in [0.717, 1.165) is 74.5 Å². The lowest BCUT2D eigenvalue weighted by atomic mass is 9.53. The van der Waals surface area contributed by atoms with Crippen molar-refractivity contribution >= 4 is 23.3 Å². The normalized spacial score (nSPS) is 35.3. The Balaban J connectivity index is 1.15. The molecule has 2 heterocycles. The molecule has 6 nitrogen and oxygen atoms in total. The van der Waals surface area contributed by atoms with Crippen LogP contribution in [0.3, 0.4) is 0 Å². The van der Waals surface area contributed by atoms with Gasteiger partial charge in [0.2, 0.25) is 0 Å². The van der Waals surface area contributed by atoms with Gasteiger partial charge in [0, 0.05) is 12.1 Å². The van der Waals surface area contributed by atoms with Crippen molar-refractivity contribution < 1.29 is 19.2 Å². The van der Waals surface area contributed by atoms with E-state index in [0.29, 0.717) is 6.54 Å². The lowest BCUT2D eigenvalue weighted by molar-refractivity contribution is -0.908. The number of carbonyl (C=O) groups excluding carboxylic acids is 2. The van der Waals surface area contributed by atoms with E-state index in [1.807, 2.05) is 6.07 Å². The monoisotopic (exact) mass is 432 g/mol. The summed E-state index contributed by atoms with van der Waals surface area (Å²) in [6.07, 6.45) is 9.66. The first-order chi connectivity index (χ1) is 14.6. The van der Waals surface area contributed by atoms with Gasteiger partial charge in [-0.3, -0.25) is 10.1 Å². The molecule has 164 valence electrons. The topological polar surface area (TPSA) is 71.9 Å². The van der Waals surface area contributed by atoms with Crippen LogP contribution in [0.15, 0.2) is 17.5 Å². The molecule has 0 spiro atoms. The second-order valence-electron chi connectivity index (χ2n) is 10.2. The van der Waals surface area contributed by atoms with Crippen LogP contribution in [0.2, 0.25) is 0 Å². The van der Waals surface area contributed by atoms with Gasteiger partial charge in [0.05, 0.1) is 4.88 Å². The van der Waals surface area contributed by atoms with Gasteiger partial charge in [0.15, 0.2) is 6.54 Å². The summed E-state index contributed by atoms with van der Waals surface area (Å²) in [6.45, 7) is 2.71. The molecule has 30 heavy (non-hydrogen) atoms. The predicted octanol–water partition coefficient (Wildman–Crippen LogP) is 2.11. The fourth-order valence-corrected chi connectivity index (χ4v) is 7.70. The third kappa shape index (κ3) is 4.73. The zero-order valence-electron chi connectivity index (χ0n) is 17.7. The van der Waals surface area contributed by atoms with Crippen molar-refractivity contribution in [3.05, 3.63) is 22.4 Å². The number of nitrogens with one attached hydrogen (secondary N) is 3. The molecule has 4 bridgehead atoms. The summed E-state index contributed by atoms with van der Waals surface area (Å²) < 4.78 is 5.80. The van der Waals surface area contributed by atoms with Crippen LogP contribution in [0, 0.1) is 17.8 Å². The molecular weight excluding hydrogens is 398 g/mol. The second-order valence-corrected chi connectivity index (χ2v) is 11.3. The van der Waals surface area contributed by atoms with Crippen LogP contribution in [-0.4, -0.2) is 43.3 Å². The van der Waals surface area contributed by atoms with Gasteiger partial charge in [-0.2, -0.15) is 0 Å². The van der Waals surface area contributed by atoms with Gasteiger partial charge >= 0.3 is 6.03 Å². The highest BCUT2D eigenvalue weighted by Gasteiger charge is 2.51. The molecule has 5 aliphatic rings. The maximum atomic E-state index is 12.7. The van der Waals surface area contributed by atoms with E-state index in [9.17, 15) is 9.59 Å². The Labute approximate surface area is 182 Å². The quantitative estimate of drug-likeness (QED) is 0.618. The maximum Gasteiger partial charge on any atom is 0.322 e. The fraction of sp³-hybridized carbons (Fsp3) is 0.739. The van der Waals surface area contributed by atoms with E-state index >= 15 is 0 Å². The Hall–Kier alpha value is -1.44. The number of carbonyl (C=O) groups is 2. The highest BCUT2D eigenvalue weighted by Crippen LogP contribution is 2.55. The van der Waals surface area contributed by atoms with Crippen molar-refractivity contribution in [1.82, 2.24) is 10.6 Å². The first-order valence-corrected chi connectivity index (χ1v) is 12.5. The third-order valence-corrected chi connectivity index (χ3v) is 8.50. The molecule has 3 N–H and O–H groups in total.